The van der Waals surface area contributed by atoms with Gasteiger partial charge in [0.15, 0.2) is 0 Å². The fourth-order valence-corrected chi connectivity index (χ4v) is 2.83. The highest BCUT2D eigenvalue weighted by atomic mass is 32.2. The van der Waals surface area contributed by atoms with Crippen molar-refractivity contribution in [2.24, 2.45) is 0 Å². The predicted octanol–water partition coefficient (Wildman–Crippen LogP) is 3.37. The van der Waals surface area contributed by atoms with Crippen molar-refractivity contribution in [1.82, 2.24) is 4.90 Å². The summed E-state index contributed by atoms with van der Waals surface area (Å²) in [5, 5.41) is -0.448. The van der Waals surface area contributed by atoms with Crippen LogP contribution in [0.2, 0.25) is 0 Å². The van der Waals surface area contributed by atoms with Crippen LogP contribution >= 0.6 is 11.8 Å². The second-order valence-electron chi connectivity index (χ2n) is 5.33. The first-order valence-electron chi connectivity index (χ1n) is 7.42. The summed E-state index contributed by atoms with van der Waals surface area (Å²) in [6, 6.07) is 7.58. The SMILES string of the molecule is CC[C@@H](C)OC(=O)CN1C(=O)S/C(=C/c2ccccc2C)C1=O. The van der Waals surface area contributed by atoms with E-state index in [1.54, 1.807) is 13.0 Å². The van der Waals surface area contributed by atoms with Gasteiger partial charge in [0.05, 0.1) is 11.0 Å². The van der Waals surface area contributed by atoms with Gasteiger partial charge in [0.25, 0.3) is 11.1 Å². The van der Waals surface area contributed by atoms with Crippen LogP contribution in [0.25, 0.3) is 6.08 Å². The fraction of sp³-hybridized carbons (Fsp3) is 0.353. The Hall–Kier alpha value is -2.08. The van der Waals surface area contributed by atoms with Gasteiger partial charge in [0, 0.05) is 0 Å². The van der Waals surface area contributed by atoms with E-state index in [1.807, 2.05) is 38.1 Å². The Balaban J connectivity index is 2.11. The molecule has 0 aliphatic carbocycles. The van der Waals surface area contributed by atoms with Crippen LogP contribution in [0.3, 0.4) is 0 Å². The predicted molar refractivity (Wildman–Crippen MR) is 89.7 cm³/mol. The van der Waals surface area contributed by atoms with E-state index >= 15 is 0 Å². The van der Waals surface area contributed by atoms with Crippen LogP contribution in [0.1, 0.15) is 31.4 Å². The van der Waals surface area contributed by atoms with Gasteiger partial charge in [-0.3, -0.25) is 19.3 Å². The molecule has 1 heterocycles. The molecule has 0 aromatic heterocycles. The van der Waals surface area contributed by atoms with Gasteiger partial charge in [-0.15, -0.1) is 0 Å². The Morgan fingerprint density at radius 2 is 2.04 bits per heavy atom. The first-order chi connectivity index (χ1) is 10.9. The van der Waals surface area contributed by atoms with Crippen molar-refractivity contribution < 1.29 is 19.1 Å². The summed E-state index contributed by atoms with van der Waals surface area (Å²) in [5.41, 5.74) is 1.88. The van der Waals surface area contributed by atoms with E-state index < -0.39 is 17.1 Å². The number of esters is 1. The summed E-state index contributed by atoms with van der Waals surface area (Å²) in [4.78, 5) is 37.3. The highest BCUT2D eigenvalue weighted by Gasteiger charge is 2.36. The van der Waals surface area contributed by atoms with Crippen LogP contribution in [0.5, 0.6) is 0 Å². The van der Waals surface area contributed by atoms with Gasteiger partial charge in [-0.25, -0.2) is 0 Å². The fourth-order valence-electron chi connectivity index (χ4n) is 2.00. The molecule has 0 N–H and O–H groups in total. The molecule has 0 spiro atoms. The van der Waals surface area contributed by atoms with Crippen molar-refractivity contribution in [3.05, 3.63) is 40.3 Å². The number of amides is 2. The molecule has 1 aromatic carbocycles. The molecular weight excluding hydrogens is 314 g/mol. The minimum absolute atomic E-state index is 0.232. The summed E-state index contributed by atoms with van der Waals surface area (Å²) in [7, 11) is 0. The van der Waals surface area contributed by atoms with E-state index in [9.17, 15) is 14.4 Å². The van der Waals surface area contributed by atoms with E-state index in [1.165, 1.54) is 0 Å². The number of ether oxygens (including phenoxy) is 1. The van der Waals surface area contributed by atoms with Gasteiger partial charge in [-0.2, -0.15) is 0 Å². The highest BCUT2D eigenvalue weighted by Crippen LogP contribution is 2.32. The first-order valence-corrected chi connectivity index (χ1v) is 8.24. The van der Waals surface area contributed by atoms with Gasteiger partial charge in [0.2, 0.25) is 0 Å². The molecule has 1 aliphatic rings. The average Bonchev–Trinajstić information content (AvgIpc) is 2.77. The van der Waals surface area contributed by atoms with Crippen LogP contribution in [0.15, 0.2) is 29.2 Å². The zero-order chi connectivity index (χ0) is 17.0. The van der Waals surface area contributed by atoms with E-state index in [2.05, 4.69) is 0 Å². The number of rotatable bonds is 5. The highest BCUT2D eigenvalue weighted by molar-refractivity contribution is 8.18. The lowest BCUT2D eigenvalue weighted by atomic mass is 10.1. The van der Waals surface area contributed by atoms with Crippen molar-refractivity contribution in [2.75, 3.05) is 6.54 Å². The van der Waals surface area contributed by atoms with Crippen molar-refractivity contribution in [3.8, 4) is 0 Å². The monoisotopic (exact) mass is 333 g/mol. The van der Waals surface area contributed by atoms with Gasteiger partial charge >= 0.3 is 5.97 Å². The van der Waals surface area contributed by atoms with Crippen LogP contribution in [-0.4, -0.2) is 34.7 Å². The lowest BCUT2D eigenvalue weighted by Crippen LogP contribution is -2.35. The van der Waals surface area contributed by atoms with Crippen LogP contribution < -0.4 is 0 Å². The molecule has 0 saturated carbocycles. The molecule has 6 heteroatoms. The number of benzene rings is 1. The summed E-state index contributed by atoms with van der Waals surface area (Å²) in [5.74, 6) is -1.02. The molecule has 0 unspecified atom stereocenters. The normalized spacial score (nSPS) is 17.7. The minimum atomic E-state index is -0.571. The quantitative estimate of drug-likeness (QED) is 0.610. The van der Waals surface area contributed by atoms with Crippen LogP contribution in [-0.2, 0) is 14.3 Å². The zero-order valence-electron chi connectivity index (χ0n) is 13.4. The molecule has 2 rings (SSSR count). The largest absolute Gasteiger partial charge is 0.461 e. The van der Waals surface area contributed by atoms with Crippen LogP contribution in [0.4, 0.5) is 4.79 Å². The third kappa shape index (κ3) is 4.22. The van der Waals surface area contributed by atoms with Crippen molar-refractivity contribution >= 4 is 35.0 Å². The lowest BCUT2D eigenvalue weighted by Gasteiger charge is -2.14. The summed E-state index contributed by atoms with van der Waals surface area (Å²) in [6.07, 6.45) is 2.13. The van der Waals surface area contributed by atoms with E-state index in [-0.39, 0.29) is 12.6 Å². The molecule has 5 nitrogen and oxygen atoms in total. The number of aryl methyl sites for hydroxylation is 1. The van der Waals surface area contributed by atoms with Crippen molar-refractivity contribution in [1.29, 1.82) is 0 Å². The smallest absolute Gasteiger partial charge is 0.326 e. The molecule has 1 saturated heterocycles. The maximum Gasteiger partial charge on any atom is 0.326 e. The maximum absolute atomic E-state index is 12.3. The number of thioether (sulfide) groups is 1. The molecule has 0 bridgehead atoms. The Morgan fingerprint density at radius 3 is 2.70 bits per heavy atom. The topological polar surface area (TPSA) is 63.7 Å². The zero-order valence-corrected chi connectivity index (χ0v) is 14.2. The summed E-state index contributed by atoms with van der Waals surface area (Å²) in [6.45, 7) is 5.24. The first kappa shape index (κ1) is 17.3. The maximum atomic E-state index is 12.3. The van der Waals surface area contributed by atoms with Crippen molar-refractivity contribution in [2.45, 2.75) is 33.3 Å². The Kier molecular flexibility index (Phi) is 5.60. The van der Waals surface area contributed by atoms with Gasteiger partial charge in [-0.05, 0) is 49.2 Å². The number of hydrogen-bond acceptors (Lipinski definition) is 5. The van der Waals surface area contributed by atoms with Crippen LogP contribution in [0, 0.1) is 6.92 Å². The standard InChI is InChI=1S/C17H19NO4S/c1-4-12(3)22-15(19)10-18-16(20)14(23-17(18)21)9-13-8-6-5-7-11(13)2/h5-9,12H,4,10H2,1-3H3/b14-9+/t12-/m1/s1. The van der Waals surface area contributed by atoms with Crippen molar-refractivity contribution in [3.63, 3.8) is 0 Å². The van der Waals surface area contributed by atoms with Gasteiger partial charge < -0.3 is 4.74 Å². The molecule has 122 valence electrons. The third-order valence-corrected chi connectivity index (χ3v) is 4.45. The number of hydrogen-bond donors (Lipinski definition) is 0. The average molecular weight is 333 g/mol. The number of carbonyl (C=O) groups is 3. The Bertz CT molecular complexity index is 668. The Labute approximate surface area is 139 Å². The molecule has 1 aliphatic heterocycles. The molecule has 1 atom stereocenters. The van der Waals surface area contributed by atoms with E-state index in [0.29, 0.717) is 11.3 Å². The molecule has 1 fully saturated rings. The molecule has 1 aromatic rings. The van der Waals surface area contributed by atoms with Gasteiger partial charge in [0.1, 0.15) is 6.54 Å². The molecular formula is C17H19NO4S. The van der Waals surface area contributed by atoms with E-state index in [4.69, 9.17) is 4.74 Å². The number of imide groups is 1. The second kappa shape index (κ2) is 7.46. The summed E-state index contributed by atoms with van der Waals surface area (Å²) < 4.78 is 5.12. The molecule has 2 amide bonds. The number of nitrogens with zero attached hydrogens (tertiary/aromatic N) is 1. The minimum Gasteiger partial charge on any atom is -0.461 e. The third-order valence-electron chi connectivity index (χ3n) is 3.54. The second-order valence-corrected chi connectivity index (χ2v) is 6.33. The van der Waals surface area contributed by atoms with E-state index in [0.717, 1.165) is 27.8 Å². The van der Waals surface area contributed by atoms with Gasteiger partial charge in [-0.1, -0.05) is 31.2 Å². The summed E-state index contributed by atoms with van der Waals surface area (Å²) >= 11 is 0.843. The lowest BCUT2D eigenvalue weighted by molar-refractivity contribution is -0.150. The Morgan fingerprint density at radius 1 is 1.35 bits per heavy atom. The molecule has 0 radical (unpaired) electrons. The number of carbonyl (C=O) groups excluding carboxylic acids is 3. The molecule has 23 heavy (non-hydrogen) atoms.